The van der Waals surface area contributed by atoms with Crippen molar-refractivity contribution in [2.24, 2.45) is 0 Å². The van der Waals surface area contributed by atoms with Gasteiger partial charge in [-0.1, -0.05) is 38.8 Å². The molecule has 0 atom stereocenters. The summed E-state index contributed by atoms with van der Waals surface area (Å²) in [6.45, 7) is 7.21. The maximum Gasteiger partial charge on any atom is 0.234 e. The molecule has 0 spiro atoms. The molecular weight excluding hydrogens is 368 g/mol. The third-order valence-electron chi connectivity index (χ3n) is 4.24. The average molecular weight is 393 g/mol. The Morgan fingerprint density at radius 3 is 2.85 bits per heavy atom. The molecule has 3 rings (SSSR count). The van der Waals surface area contributed by atoms with E-state index < -0.39 is 0 Å². The van der Waals surface area contributed by atoms with E-state index >= 15 is 0 Å². The number of benzene rings is 1. The van der Waals surface area contributed by atoms with Crippen LogP contribution < -0.4 is 5.32 Å². The molecule has 26 heavy (non-hydrogen) atoms. The summed E-state index contributed by atoms with van der Waals surface area (Å²) in [5.41, 5.74) is 1.54. The summed E-state index contributed by atoms with van der Waals surface area (Å²) in [5, 5.41) is 12.3. The van der Waals surface area contributed by atoms with Crippen LogP contribution in [0.2, 0.25) is 5.02 Å². The predicted molar refractivity (Wildman–Crippen MR) is 109 cm³/mol. The number of nitrogens with one attached hydrogen (secondary N) is 1. The van der Waals surface area contributed by atoms with E-state index in [2.05, 4.69) is 40.9 Å². The lowest BCUT2D eigenvalue weighted by molar-refractivity contribution is -0.113. The summed E-state index contributed by atoms with van der Waals surface area (Å²) in [6, 6.07) is 5.52. The Bertz CT molecular complexity index is 797. The number of hydrogen-bond acceptors (Lipinski definition) is 4. The Hall–Kier alpha value is -1.53. The molecule has 1 aromatic heterocycles. The minimum absolute atomic E-state index is 0.0155. The normalized spacial score (nSPS) is 14.6. The van der Waals surface area contributed by atoms with Crippen LogP contribution >= 0.6 is 23.4 Å². The molecule has 0 saturated carbocycles. The lowest BCUT2D eigenvalue weighted by atomic mass is 10.1. The molecule has 0 unspecified atom stereocenters. The zero-order valence-corrected chi connectivity index (χ0v) is 17.1. The second kappa shape index (κ2) is 8.01. The van der Waals surface area contributed by atoms with E-state index in [0.29, 0.717) is 10.8 Å². The highest BCUT2D eigenvalue weighted by Crippen LogP contribution is 2.31. The van der Waals surface area contributed by atoms with Crippen molar-refractivity contribution in [1.82, 2.24) is 14.8 Å². The van der Waals surface area contributed by atoms with Crippen LogP contribution in [0.25, 0.3) is 11.4 Å². The molecule has 1 aliphatic rings. The number of aryl methyl sites for hydroxylation is 1. The minimum atomic E-state index is -0.0155. The van der Waals surface area contributed by atoms with Crippen LogP contribution in [-0.4, -0.2) is 31.2 Å². The Morgan fingerprint density at radius 1 is 1.27 bits per heavy atom. The number of amides is 1. The molecule has 1 aliphatic heterocycles. The largest absolute Gasteiger partial charge is 0.325 e. The van der Waals surface area contributed by atoms with Crippen LogP contribution in [0.4, 0.5) is 5.69 Å². The second-order valence-corrected chi connectivity index (χ2v) is 9.76. The molecular formula is C19H25ClN4OS. The Morgan fingerprint density at radius 2 is 2.08 bits per heavy atom. The van der Waals surface area contributed by atoms with E-state index in [4.69, 9.17) is 11.6 Å². The van der Waals surface area contributed by atoms with E-state index in [9.17, 15) is 4.79 Å². The number of aromatic nitrogens is 3. The van der Waals surface area contributed by atoms with Crippen molar-refractivity contribution < 1.29 is 4.79 Å². The average Bonchev–Trinajstić information content (AvgIpc) is 2.82. The first-order valence-electron chi connectivity index (χ1n) is 8.99. The first kappa shape index (κ1) is 19.2. The molecule has 0 saturated heterocycles. The maximum absolute atomic E-state index is 12.2. The number of hydrogen-bond donors (Lipinski definition) is 1. The van der Waals surface area contributed by atoms with Crippen molar-refractivity contribution in [2.75, 3.05) is 11.1 Å². The standard InChI is InChI=1S/C19H25ClN4OS/c1-19(2,3)26-12-17(25)21-13-8-9-15(20)14(11-13)18-23-22-16-7-5-4-6-10-24(16)18/h8-9,11H,4-7,10,12H2,1-3H3,(H,21,25). The predicted octanol–water partition coefficient (Wildman–Crippen LogP) is 4.80. The van der Waals surface area contributed by atoms with E-state index in [-0.39, 0.29) is 10.7 Å². The quantitative estimate of drug-likeness (QED) is 0.812. The summed E-state index contributed by atoms with van der Waals surface area (Å²) in [6.07, 6.45) is 4.42. The van der Waals surface area contributed by atoms with Crippen molar-refractivity contribution in [1.29, 1.82) is 0 Å². The molecule has 0 bridgehead atoms. The van der Waals surface area contributed by atoms with Gasteiger partial charge in [-0.3, -0.25) is 4.79 Å². The van der Waals surface area contributed by atoms with Gasteiger partial charge in [-0.15, -0.1) is 22.0 Å². The molecule has 7 heteroatoms. The smallest absolute Gasteiger partial charge is 0.234 e. The van der Waals surface area contributed by atoms with E-state index in [1.807, 2.05) is 18.2 Å². The first-order chi connectivity index (χ1) is 12.3. The lowest BCUT2D eigenvalue weighted by Gasteiger charge is -2.17. The van der Waals surface area contributed by atoms with Crippen molar-refractivity contribution in [3.8, 4) is 11.4 Å². The molecule has 2 heterocycles. The van der Waals surface area contributed by atoms with Crippen molar-refractivity contribution in [2.45, 2.75) is 57.7 Å². The molecule has 2 aromatic rings. The highest BCUT2D eigenvalue weighted by Gasteiger charge is 2.19. The van der Waals surface area contributed by atoms with Gasteiger partial charge in [0.15, 0.2) is 5.82 Å². The number of nitrogens with zero attached hydrogens (tertiary/aromatic N) is 3. The number of halogens is 1. The topological polar surface area (TPSA) is 59.8 Å². The van der Waals surface area contributed by atoms with Crippen LogP contribution in [0, 0.1) is 0 Å². The zero-order chi connectivity index (χ0) is 18.7. The monoisotopic (exact) mass is 392 g/mol. The number of thioether (sulfide) groups is 1. The minimum Gasteiger partial charge on any atom is -0.325 e. The van der Waals surface area contributed by atoms with E-state index in [1.54, 1.807) is 11.8 Å². The summed E-state index contributed by atoms with van der Waals surface area (Å²) in [7, 11) is 0. The van der Waals surface area contributed by atoms with Gasteiger partial charge in [-0.05, 0) is 31.0 Å². The number of anilines is 1. The van der Waals surface area contributed by atoms with E-state index in [1.165, 1.54) is 6.42 Å². The van der Waals surface area contributed by atoms with Gasteiger partial charge in [0, 0.05) is 29.0 Å². The van der Waals surface area contributed by atoms with Crippen molar-refractivity contribution in [3.05, 3.63) is 29.0 Å². The lowest BCUT2D eigenvalue weighted by Crippen LogP contribution is -2.19. The third-order valence-corrected chi connectivity index (χ3v) is 5.84. The van der Waals surface area contributed by atoms with Crippen LogP contribution in [0.15, 0.2) is 18.2 Å². The molecule has 5 nitrogen and oxygen atoms in total. The van der Waals surface area contributed by atoms with Gasteiger partial charge >= 0.3 is 0 Å². The third kappa shape index (κ3) is 4.80. The van der Waals surface area contributed by atoms with Gasteiger partial charge in [0.2, 0.25) is 5.91 Å². The van der Waals surface area contributed by atoms with Gasteiger partial charge in [-0.25, -0.2) is 0 Å². The maximum atomic E-state index is 12.2. The molecule has 0 radical (unpaired) electrons. The second-order valence-electron chi connectivity index (χ2n) is 7.55. The SMILES string of the molecule is CC(C)(C)SCC(=O)Nc1ccc(Cl)c(-c2nnc3n2CCCCC3)c1. The number of carbonyl (C=O) groups excluding carboxylic acids is 1. The molecule has 0 fully saturated rings. The zero-order valence-electron chi connectivity index (χ0n) is 15.5. The number of rotatable bonds is 4. The van der Waals surface area contributed by atoms with Crippen molar-refractivity contribution in [3.63, 3.8) is 0 Å². The molecule has 1 amide bonds. The van der Waals surface area contributed by atoms with Gasteiger partial charge in [0.25, 0.3) is 0 Å². The molecule has 1 N–H and O–H groups in total. The first-order valence-corrected chi connectivity index (χ1v) is 10.4. The summed E-state index contributed by atoms with van der Waals surface area (Å²) in [5.74, 6) is 2.21. The van der Waals surface area contributed by atoms with Crippen LogP contribution in [0.3, 0.4) is 0 Å². The number of carbonyl (C=O) groups is 1. The highest BCUT2D eigenvalue weighted by molar-refractivity contribution is 8.01. The summed E-state index contributed by atoms with van der Waals surface area (Å²) in [4.78, 5) is 12.2. The molecule has 1 aromatic carbocycles. The van der Waals surface area contributed by atoms with Crippen LogP contribution in [0.5, 0.6) is 0 Å². The molecule has 0 aliphatic carbocycles. The Balaban J connectivity index is 1.81. The fourth-order valence-electron chi connectivity index (χ4n) is 2.94. The highest BCUT2D eigenvalue weighted by atomic mass is 35.5. The van der Waals surface area contributed by atoms with E-state index in [0.717, 1.165) is 48.7 Å². The number of fused-ring (bicyclic) bond motifs is 1. The summed E-state index contributed by atoms with van der Waals surface area (Å²) < 4.78 is 2.22. The summed E-state index contributed by atoms with van der Waals surface area (Å²) >= 11 is 8.05. The Labute approximate surface area is 163 Å². The molecule has 140 valence electrons. The van der Waals surface area contributed by atoms with Gasteiger partial charge in [0.1, 0.15) is 5.82 Å². The van der Waals surface area contributed by atoms with Gasteiger partial charge in [-0.2, -0.15) is 0 Å². The fourth-order valence-corrected chi connectivity index (χ4v) is 3.78. The van der Waals surface area contributed by atoms with Crippen LogP contribution in [0.1, 0.15) is 45.9 Å². The fraction of sp³-hybridized carbons (Fsp3) is 0.526. The van der Waals surface area contributed by atoms with Crippen molar-refractivity contribution >= 4 is 35.0 Å². The van der Waals surface area contributed by atoms with Gasteiger partial charge < -0.3 is 9.88 Å². The van der Waals surface area contributed by atoms with Crippen LogP contribution in [-0.2, 0) is 17.8 Å². The van der Waals surface area contributed by atoms with Gasteiger partial charge in [0.05, 0.1) is 10.8 Å². The Kier molecular flexibility index (Phi) is 5.92.